The zero-order valence-electron chi connectivity index (χ0n) is 16.6. The topological polar surface area (TPSA) is 118 Å². The van der Waals surface area contributed by atoms with Gasteiger partial charge in [0.25, 0.3) is 0 Å². The van der Waals surface area contributed by atoms with Crippen LogP contribution in [0.25, 0.3) is 0 Å². The minimum atomic E-state index is -3.72. The number of amides is 2. The minimum Gasteiger partial charge on any atom is -0.497 e. The number of hydrogen-bond acceptors (Lipinski definition) is 6. The molecule has 9 nitrogen and oxygen atoms in total. The maximum atomic E-state index is 12.9. The number of pyridine rings is 1. The predicted molar refractivity (Wildman–Crippen MR) is 110 cm³/mol. The lowest BCUT2D eigenvalue weighted by Crippen LogP contribution is -2.46. The van der Waals surface area contributed by atoms with Crippen molar-refractivity contribution in [3.63, 3.8) is 0 Å². The summed E-state index contributed by atoms with van der Waals surface area (Å²) in [5.74, 6) is -0.309. The van der Waals surface area contributed by atoms with Gasteiger partial charge in [0, 0.05) is 19.3 Å². The first-order chi connectivity index (χ1) is 14.4. The van der Waals surface area contributed by atoms with E-state index < -0.39 is 21.8 Å². The van der Waals surface area contributed by atoms with Crippen molar-refractivity contribution in [1.29, 1.82) is 0 Å². The Balaban J connectivity index is 1.56. The van der Waals surface area contributed by atoms with Gasteiger partial charge in [-0.25, -0.2) is 13.4 Å². The molecule has 0 unspecified atom stereocenters. The van der Waals surface area contributed by atoms with Gasteiger partial charge in [-0.3, -0.25) is 9.59 Å². The molecule has 0 bridgehead atoms. The van der Waals surface area contributed by atoms with E-state index in [0.717, 1.165) is 0 Å². The number of benzene rings is 1. The van der Waals surface area contributed by atoms with Gasteiger partial charge in [-0.1, -0.05) is 6.07 Å². The number of ether oxygens (including phenoxy) is 1. The van der Waals surface area contributed by atoms with Crippen molar-refractivity contribution in [2.45, 2.75) is 17.7 Å². The standard InChI is InChI=1S/C20H24N4O5S/c1-29-16-7-9-17(10-8-16)30(27,28)24-12-4-5-15(14-24)20(26)22-13-19(25)23-18-6-2-3-11-21-18/h2-3,6-11,15H,4-5,12-14H2,1H3,(H,22,26)(H,21,23,25)/t15-/m0/s1. The second kappa shape index (κ2) is 9.68. The van der Waals surface area contributed by atoms with Gasteiger partial charge in [0.1, 0.15) is 11.6 Å². The van der Waals surface area contributed by atoms with Gasteiger partial charge < -0.3 is 15.4 Å². The molecule has 2 aromatic rings. The number of nitrogens with zero attached hydrogens (tertiary/aromatic N) is 2. The summed E-state index contributed by atoms with van der Waals surface area (Å²) < 4.78 is 32.2. The molecule has 30 heavy (non-hydrogen) atoms. The molecule has 1 fully saturated rings. The van der Waals surface area contributed by atoms with E-state index in [-0.39, 0.29) is 23.9 Å². The fourth-order valence-electron chi connectivity index (χ4n) is 3.21. The molecule has 2 amide bonds. The normalized spacial score (nSPS) is 17.2. The molecule has 0 spiro atoms. The Hall–Kier alpha value is -2.98. The summed E-state index contributed by atoms with van der Waals surface area (Å²) in [7, 11) is -2.21. The lowest BCUT2D eigenvalue weighted by atomic mass is 9.99. The lowest BCUT2D eigenvalue weighted by Gasteiger charge is -2.31. The highest BCUT2D eigenvalue weighted by Crippen LogP contribution is 2.25. The molecule has 1 aliphatic heterocycles. The van der Waals surface area contributed by atoms with Gasteiger partial charge >= 0.3 is 0 Å². The van der Waals surface area contributed by atoms with Crippen LogP contribution in [0.2, 0.25) is 0 Å². The van der Waals surface area contributed by atoms with Crippen molar-refractivity contribution in [2.24, 2.45) is 5.92 Å². The van der Waals surface area contributed by atoms with Crippen LogP contribution in [0.4, 0.5) is 5.82 Å². The van der Waals surface area contributed by atoms with Gasteiger partial charge in [0.2, 0.25) is 21.8 Å². The van der Waals surface area contributed by atoms with E-state index in [9.17, 15) is 18.0 Å². The molecule has 2 N–H and O–H groups in total. The highest BCUT2D eigenvalue weighted by atomic mass is 32.2. The second-order valence-corrected chi connectivity index (χ2v) is 8.80. The molecule has 1 aromatic carbocycles. The molecule has 0 radical (unpaired) electrons. The van der Waals surface area contributed by atoms with E-state index in [1.54, 1.807) is 36.5 Å². The fraction of sp³-hybridized carbons (Fsp3) is 0.350. The Labute approximate surface area is 175 Å². The van der Waals surface area contributed by atoms with Gasteiger partial charge in [0.05, 0.1) is 24.5 Å². The Morgan fingerprint density at radius 2 is 1.97 bits per heavy atom. The van der Waals surface area contributed by atoms with Crippen LogP contribution < -0.4 is 15.4 Å². The molecule has 0 saturated carbocycles. The fourth-order valence-corrected chi connectivity index (χ4v) is 4.73. The number of piperidine rings is 1. The zero-order valence-corrected chi connectivity index (χ0v) is 17.4. The van der Waals surface area contributed by atoms with Crippen molar-refractivity contribution in [3.05, 3.63) is 48.7 Å². The van der Waals surface area contributed by atoms with Crippen molar-refractivity contribution in [2.75, 3.05) is 32.1 Å². The molecular formula is C20H24N4O5S. The van der Waals surface area contributed by atoms with E-state index in [2.05, 4.69) is 15.6 Å². The average Bonchev–Trinajstić information content (AvgIpc) is 2.78. The number of anilines is 1. The zero-order chi connectivity index (χ0) is 21.6. The van der Waals surface area contributed by atoms with E-state index in [1.807, 2.05) is 0 Å². The van der Waals surface area contributed by atoms with Gasteiger partial charge in [-0.2, -0.15) is 4.31 Å². The Kier molecular flexibility index (Phi) is 7.01. The van der Waals surface area contributed by atoms with Crippen molar-refractivity contribution < 1.29 is 22.7 Å². The second-order valence-electron chi connectivity index (χ2n) is 6.86. The van der Waals surface area contributed by atoms with Crippen LogP contribution in [-0.2, 0) is 19.6 Å². The average molecular weight is 433 g/mol. The molecule has 1 aliphatic rings. The first-order valence-electron chi connectivity index (χ1n) is 9.53. The third kappa shape index (κ3) is 5.33. The summed E-state index contributed by atoms with van der Waals surface area (Å²) in [4.78, 5) is 28.6. The van der Waals surface area contributed by atoms with Gasteiger partial charge in [-0.15, -0.1) is 0 Å². The van der Waals surface area contributed by atoms with Crippen LogP contribution in [0, 0.1) is 5.92 Å². The Bertz CT molecular complexity index is 980. The van der Waals surface area contributed by atoms with E-state index in [4.69, 9.17) is 4.74 Å². The molecule has 1 aromatic heterocycles. The van der Waals surface area contributed by atoms with E-state index >= 15 is 0 Å². The van der Waals surface area contributed by atoms with Crippen molar-refractivity contribution in [3.8, 4) is 5.75 Å². The maximum Gasteiger partial charge on any atom is 0.244 e. The number of hydrogen-bond donors (Lipinski definition) is 2. The molecule has 10 heteroatoms. The largest absolute Gasteiger partial charge is 0.497 e. The van der Waals surface area contributed by atoms with Crippen molar-refractivity contribution >= 4 is 27.7 Å². The van der Waals surface area contributed by atoms with Crippen LogP contribution in [-0.4, -0.2) is 56.3 Å². The summed E-state index contributed by atoms with van der Waals surface area (Å²) in [6.07, 6.45) is 2.67. The predicted octanol–water partition coefficient (Wildman–Crippen LogP) is 1.25. The molecule has 1 atom stereocenters. The third-order valence-electron chi connectivity index (χ3n) is 4.81. The van der Waals surface area contributed by atoms with Crippen LogP contribution in [0.3, 0.4) is 0 Å². The van der Waals surface area contributed by atoms with Crippen LogP contribution in [0.1, 0.15) is 12.8 Å². The molecular weight excluding hydrogens is 408 g/mol. The number of nitrogens with one attached hydrogen (secondary N) is 2. The SMILES string of the molecule is COc1ccc(S(=O)(=O)N2CCC[C@H](C(=O)NCC(=O)Nc3ccccn3)C2)cc1. The highest BCUT2D eigenvalue weighted by molar-refractivity contribution is 7.89. The molecule has 2 heterocycles. The molecule has 160 valence electrons. The third-order valence-corrected chi connectivity index (χ3v) is 6.69. The van der Waals surface area contributed by atoms with E-state index in [1.165, 1.54) is 23.5 Å². The maximum absolute atomic E-state index is 12.9. The minimum absolute atomic E-state index is 0.0715. The first-order valence-corrected chi connectivity index (χ1v) is 11.0. The summed E-state index contributed by atoms with van der Waals surface area (Å²) in [5.41, 5.74) is 0. The summed E-state index contributed by atoms with van der Waals surface area (Å²) in [5, 5.41) is 5.17. The Morgan fingerprint density at radius 1 is 1.20 bits per heavy atom. The molecule has 3 rings (SSSR count). The van der Waals surface area contributed by atoms with Gasteiger partial charge in [0.15, 0.2) is 0 Å². The van der Waals surface area contributed by atoms with E-state index in [0.29, 0.717) is 31.0 Å². The molecule has 1 saturated heterocycles. The monoisotopic (exact) mass is 432 g/mol. The summed E-state index contributed by atoms with van der Waals surface area (Å²) in [6, 6.07) is 11.2. The van der Waals surface area contributed by atoms with Gasteiger partial charge in [-0.05, 0) is 49.2 Å². The number of aromatic nitrogens is 1. The number of sulfonamides is 1. The first kappa shape index (κ1) is 21.7. The van der Waals surface area contributed by atoms with Crippen LogP contribution >= 0.6 is 0 Å². The summed E-state index contributed by atoms with van der Waals surface area (Å²) in [6.45, 7) is 0.206. The number of methoxy groups -OCH3 is 1. The smallest absolute Gasteiger partial charge is 0.244 e. The lowest BCUT2D eigenvalue weighted by molar-refractivity contribution is -0.128. The quantitative estimate of drug-likeness (QED) is 0.680. The summed E-state index contributed by atoms with van der Waals surface area (Å²) >= 11 is 0. The number of rotatable bonds is 7. The number of carbonyl (C=O) groups is 2. The molecule has 0 aliphatic carbocycles. The van der Waals surface area contributed by atoms with Crippen LogP contribution in [0.5, 0.6) is 5.75 Å². The Morgan fingerprint density at radius 3 is 2.63 bits per heavy atom. The number of carbonyl (C=O) groups excluding carboxylic acids is 2. The van der Waals surface area contributed by atoms with Crippen LogP contribution in [0.15, 0.2) is 53.6 Å². The highest BCUT2D eigenvalue weighted by Gasteiger charge is 2.33. The van der Waals surface area contributed by atoms with Crippen molar-refractivity contribution in [1.82, 2.24) is 14.6 Å².